The number of aromatic nitrogens is 2. The molecule has 3 heteroatoms. The highest BCUT2D eigenvalue weighted by molar-refractivity contribution is 7.10. The Morgan fingerprint density at radius 3 is 2.62 bits per heavy atom. The van der Waals surface area contributed by atoms with Crippen molar-refractivity contribution in [2.24, 2.45) is 0 Å². The summed E-state index contributed by atoms with van der Waals surface area (Å²) < 4.78 is 0. The molecule has 2 aromatic heterocycles. The largest absolute Gasteiger partial charge is 0.237 e. The number of hydrogen-bond acceptors (Lipinski definition) is 3. The maximum Gasteiger partial charge on any atom is 0.151 e. The third-order valence-corrected chi connectivity index (χ3v) is 2.36. The zero-order valence-electron chi connectivity index (χ0n) is 6.92. The lowest BCUT2D eigenvalue weighted by atomic mass is 10.4. The van der Waals surface area contributed by atoms with Crippen molar-refractivity contribution in [3.8, 4) is 0 Å². The van der Waals surface area contributed by atoms with Crippen molar-refractivity contribution in [3.05, 3.63) is 46.7 Å². The third-order valence-electron chi connectivity index (χ3n) is 1.53. The Hall–Kier alpha value is -1.48. The Balaban J connectivity index is 2.15. The summed E-state index contributed by atoms with van der Waals surface area (Å²) >= 11 is 1.70. The molecule has 0 spiro atoms. The van der Waals surface area contributed by atoms with E-state index in [4.69, 9.17) is 0 Å². The van der Waals surface area contributed by atoms with Crippen LogP contribution in [0.15, 0.2) is 36.0 Å². The van der Waals surface area contributed by atoms with Crippen molar-refractivity contribution in [2.45, 2.75) is 0 Å². The number of nitrogens with zero attached hydrogens (tertiary/aromatic N) is 2. The standard InChI is InChI=1S/C10H8N2S/c1-3-9(13-8-1)4-5-10-11-6-2-7-12-10/h1-8H. The van der Waals surface area contributed by atoms with Gasteiger partial charge in [-0.15, -0.1) is 11.3 Å². The van der Waals surface area contributed by atoms with E-state index >= 15 is 0 Å². The molecule has 0 aliphatic heterocycles. The van der Waals surface area contributed by atoms with Crippen LogP contribution in [-0.4, -0.2) is 9.97 Å². The maximum absolute atomic E-state index is 4.08. The molecular weight excluding hydrogens is 180 g/mol. The zero-order chi connectivity index (χ0) is 8.93. The number of hydrogen-bond donors (Lipinski definition) is 0. The molecule has 0 aromatic carbocycles. The summed E-state index contributed by atoms with van der Waals surface area (Å²) in [4.78, 5) is 9.39. The fourth-order valence-electron chi connectivity index (χ4n) is 0.939. The number of rotatable bonds is 2. The van der Waals surface area contributed by atoms with Crippen LogP contribution in [0.5, 0.6) is 0 Å². The third kappa shape index (κ3) is 2.23. The minimum absolute atomic E-state index is 0.746. The SMILES string of the molecule is C(=Cc1cccs1)c1ncccn1. The molecule has 0 saturated heterocycles. The minimum Gasteiger partial charge on any atom is -0.237 e. The summed E-state index contributed by atoms with van der Waals surface area (Å²) in [6, 6.07) is 5.89. The van der Waals surface area contributed by atoms with Crippen molar-refractivity contribution in [3.63, 3.8) is 0 Å². The van der Waals surface area contributed by atoms with Crippen LogP contribution in [0.3, 0.4) is 0 Å². The Bertz CT molecular complexity index is 379. The van der Waals surface area contributed by atoms with E-state index in [9.17, 15) is 0 Å². The van der Waals surface area contributed by atoms with Gasteiger partial charge in [0.2, 0.25) is 0 Å². The molecule has 13 heavy (non-hydrogen) atoms. The van der Waals surface area contributed by atoms with Crippen LogP contribution in [-0.2, 0) is 0 Å². The van der Waals surface area contributed by atoms with E-state index in [1.165, 1.54) is 4.88 Å². The summed E-state index contributed by atoms with van der Waals surface area (Å²) in [6.45, 7) is 0. The van der Waals surface area contributed by atoms with Crippen molar-refractivity contribution < 1.29 is 0 Å². The van der Waals surface area contributed by atoms with Crippen molar-refractivity contribution in [2.75, 3.05) is 0 Å². The Labute approximate surface area is 80.6 Å². The highest BCUT2D eigenvalue weighted by Crippen LogP contribution is 2.11. The van der Waals surface area contributed by atoms with Gasteiger partial charge in [0.05, 0.1) is 0 Å². The van der Waals surface area contributed by atoms with E-state index in [0.717, 1.165) is 5.82 Å². The van der Waals surface area contributed by atoms with E-state index in [2.05, 4.69) is 16.0 Å². The maximum atomic E-state index is 4.08. The van der Waals surface area contributed by atoms with Crippen LogP contribution in [0, 0.1) is 0 Å². The molecule has 0 bridgehead atoms. The fraction of sp³-hybridized carbons (Fsp3) is 0. The second kappa shape index (κ2) is 3.96. The molecule has 0 amide bonds. The normalized spacial score (nSPS) is 10.8. The summed E-state index contributed by atoms with van der Waals surface area (Å²) in [6.07, 6.45) is 7.40. The lowest BCUT2D eigenvalue weighted by Crippen LogP contribution is -1.82. The molecule has 2 rings (SSSR count). The van der Waals surface area contributed by atoms with E-state index in [-0.39, 0.29) is 0 Å². The van der Waals surface area contributed by atoms with Gasteiger partial charge in [0.1, 0.15) is 0 Å². The first-order valence-corrected chi connectivity index (χ1v) is 4.82. The summed E-state index contributed by atoms with van der Waals surface area (Å²) in [5.41, 5.74) is 0. The minimum atomic E-state index is 0.746. The summed E-state index contributed by atoms with van der Waals surface area (Å²) in [7, 11) is 0. The molecule has 0 aliphatic carbocycles. The van der Waals surface area contributed by atoms with Crippen LogP contribution >= 0.6 is 11.3 Å². The smallest absolute Gasteiger partial charge is 0.151 e. The summed E-state index contributed by atoms with van der Waals surface area (Å²) in [5.74, 6) is 0.746. The molecule has 64 valence electrons. The lowest BCUT2D eigenvalue weighted by Gasteiger charge is -1.87. The average Bonchev–Trinajstić information content (AvgIpc) is 2.69. The first-order valence-electron chi connectivity index (χ1n) is 3.94. The first-order chi connectivity index (χ1) is 6.45. The monoisotopic (exact) mass is 188 g/mol. The van der Waals surface area contributed by atoms with Gasteiger partial charge in [-0.1, -0.05) is 6.07 Å². The predicted octanol–water partition coefficient (Wildman–Crippen LogP) is 2.71. The molecule has 0 saturated carbocycles. The average molecular weight is 188 g/mol. The van der Waals surface area contributed by atoms with E-state index in [1.54, 1.807) is 23.7 Å². The molecule has 0 radical (unpaired) electrons. The fourth-order valence-corrected chi connectivity index (χ4v) is 1.56. The van der Waals surface area contributed by atoms with Crippen molar-refractivity contribution in [1.82, 2.24) is 9.97 Å². The van der Waals surface area contributed by atoms with Gasteiger partial charge in [-0.05, 0) is 29.7 Å². The van der Waals surface area contributed by atoms with E-state index in [1.807, 2.05) is 29.7 Å². The van der Waals surface area contributed by atoms with Crippen LogP contribution < -0.4 is 0 Å². The van der Waals surface area contributed by atoms with Crippen LogP contribution in [0.4, 0.5) is 0 Å². The van der Waals surface area contributed by atoms with Gasteiger partial charge in [-0.25, -0.2) is 9.97 Å². The molecule has 2 aromatic rings. The number of thiophene rings is 1. The zero-order valence-corrected chi connectivity index (χ0v) is 7.74. The van der Waals surface area contributed by atoms with Gasteiger partial charge >= 0.3 is 0 Å². The molecule has 2 nitrogen and oxygen atoms in total. The topological polar surface area (TPSA) is 25.8 Å². The van der Waals surface area contributed by atoms with Crippen LogP contribution in [0.25, 0.3) is 12.2 Å². The van der Waals surface area contributed by atoms with Gasteiger partial charge in [0.25, 0.3) is 0 Å². The van der Waals surface area contributed by atoms with E-state index < -0.39 is 0 Å². The molecule has 0 fully saturated rings. The molecular formula is C10H8N2S. The highest BCUT2D eigenvalue weighted by atomic mass is 32.1. The summed E-state index contributed by atoms with van der Waals surface area (Å²) in [5, 5.41) is 2.05. The van der Waals surface area contributed by atoms with Crippen LogP contribution in [0.2, 0.25) is 0 Å². The molecule has 0 N–H and O–H groups in total. The second-order valence-corrected chi connectivity index (χ2v) is 3.44. The van der Waals surface area contributed by atoms with Gasteiger partial charge in [0.15, 0.2) is 5.82 Å². The van der Waals surface area contributed by atoms with Gasteiger partial charge in [0, 0.05) is 17.3 Å². The Morgan fingerprint density at radius 2 is 1.92 bits per heavy atom. The van der Waals surface area contributed by atoms with Crippen LogP contribution in [0.1, 0.15) is 10.7 Å². The van der Waals surface area contributed by atoms with Gasteiger partial charge in [-0.3, -0.25) is 0 Å². The van der Waals surface area contributed by atoms with Gasteiger partial charge < -0.3 is 0 Å². The second-order valence-electron chi connectivity index (χ2n) is 2.46. The highest BCUT2D eigenvalue weighted by Gasteiger charge is 1.88. The molecule has 0 atom stereocenters. The quantitative estimate of drug-likeness (QED) is 0.724. The Morgan fingerprint density at radius 1 is 1.08 bits per heavy atom. The molecule has 0 unspecified atom stereocenters. The Kier molecular flexibility index (Phi) is 2.48. The molecule has 2 heterocycles. The van der Waals surface area contributed by atoms with Gasteiger partial charge in [-0.2, -0.15) is 0 Å². The van der Waals surface area contributed by atoms with E-state index in [0.29, 0.717) is 0 Å². The van der Waals surface area contributed by atoms with Crippen molar-refractivity contribution in [1.29, 1.82) is 0 Å². The molecule has 0 aliphatic rings. The van der Waals surface area contributed by atoms with Crippen molar-refractivity contribution >= 4 is 23.5 Å². The lowest BCUT2D eigenvalue weighted by molar-refractivity contribution is 1.14. The predicted molar refractivity (Wildman–Crippen MR) is 55.3 cm³/mol. The first kappa shape index (κ1) is 8.13.